The van der Waals surface area contributed by atoms with Gasteiger partial charge in [-0.1, -0.05) is 17.7 Å². The van der Waals surface area contributed by atoms with Crippen molar-refractivity contribution < 1.29 is 35.0 Å². The molecule has 7 heteroatoms. The molecule has 0 unspecified atom stereocenters. The van der Waals surface area contributed by atoms with Crippen LogP contribution in [0.2, 0.25) is 0 Å². The molecule has 1 aliphatic rings. The van der Waals surface area contributed by atoms with E-state index < -0.39 is 43.4 Å². The summed E-state index contributed by atoms with van der Waals surface area (Å²) in [7, 11) is 0. The van der Waals surface area contributed by atoms with Gasteiger partial charge in [0.05, 0.1) is 6.61 Å². The number of benzene rings is 1. The van der Waals surface area contributed by atoms with Crippen LogP contribution in [0.15, 0.2) is 24.3 Å². The zero-order valence-electron chi connectivity index (χ0n) is 11.5. The Bertz CT molecular complexity index is 447. The van der Waals surface area contributed by atoms with Crippen molar-refractivity contribution in [1.82, 2.24) is 0 Å². The number of rotatable bonds is 3. The lowest BCUT2D eigenvalue weighted by atomic mass is 10.0. The van der Waals surface area contributed by atoms with Crippen LogP contribution in [0.1, 0.15) is 5.56 Å². The molecule has 2 rings (SSSR count). The number of aryl methyl sites for hydroxylation is 1. The summed E-state index contributed by atoms with van der Waals surface area (Å²) in [6.07, 6.45) is -8.93. The molecule has 0 aliphatic carbocycles. The molecular formula is C14H20O7. The molecule has 0 saturated carbocycles. The van der Waals surface area contributed by atoms with E-state index in [1.54, 1.807) is 24.3 Å². The highest BCUT2D eigenvalue weighted by molar-refractivity contribution is 5.26. The molecule has 0 radical (unpaired) electrons. The first-order valence-electron chi connectivity index (χ1n) is 6.66. The summed E-state index contributed by atoms with van der Waals surface area (Å²) in [5.41, 5.74) is 1.02. The first-order chi connectivity index (χ1) is 9.93. The fourth-order valence-corrected chi connectivity index (χ4v) is 2.12. The lowest BCUT2D eigenvalue weighted by Gasteiger charge is -2.26. The Morgan fingerprint density at radius 3 is 2.10 bits per heavy atom. The second-order valence-electron chi connectivity index (χ2n) is 5.12. The van der Waals surface area contributed by atoms with E-state index in [1.165, 1.54) is 0 Å². The van der Waals surface area contributed by atoms with Crippen molar-refractivity contribution in [2.45, 2.75) is 43.7 Å². The van der Waals surface area contributed by atoms with Crippen molar-refractivity contribution in [3.05, 3.63) is 29.8 Å². The zero-order valence-corrected chi connectivity index (χ0v) is 11.5. The molecule has 0 aromatic heterocycles. The maximum atomic E-state index is 9.98. The summed E-state index contributed by atoms with van der Waals surface area (Å²) in [6.45, 7) is 1.31. The van der Waals surface area contributed by atoms with E-state index >= 15 is 0 Å². The Hall–Kier alpha value is -1.22. The molecule has 1 aliphatic heterocycles. The van der Waals surface area contributed by atoms with Gasteiger partial charge < -0.3 is 35.0 Å². The summed E-state index contributed by atoms with van der Waals surface area (Å²) in [4.78, 5) is 0. The van der Waals surface area contributed by atoms with Crippen molar-refractivity contribution >= 4 is 0 Å². The highest BCUT2D eigenvalue weighted by atomic mass is 16.7. The molecule has 1 heterocycles. The molecule has 1 aromatic carbocycles. The molecule has 7 nitrogen and oxygen atoms in total. The average molecular weight is 300 g/mol. The molecule has 0 bridgehead atoms. The average Bonchev–Trinajstić information content (AvgIpc) is 2.56. The number of hydrogen-bond acceptors (Lipinski definition) is 7. The van der Waals surface area contributed by atoms with Gasteiger partial charge in [0.15, 0.2) is 0 Å². The third kappa shape index (κ3) is 3.52. The quantitative estimate of drug-likeness (QED) is 0.462. The van der Waals surface area contributed by atoms with Crippen LogP contribution in [0.3, 0.4) is 0 Å². The minimum Gasteiger partial charge on any atom is -0.462 e. The van der Waals surface area contributed by atoms with Gasteiger partial charge in [-0.05, 0) is 19.1 Å². The molecule has 5 N–H and O–H groups in total. The molecule has 21 heavy (non-hydrogen) atoms. The lowest BCUT2D eigenvalue weighted by Crippen LogP contribution is -2.48. The first-order valence-corrected chi connectivity index (χ1v) is 6.66. The van der Waals surface area contributed by atoms with Crippen molar-refractivity contribution in [3.63, 3.8) is 0 Å². The largest absolute Gasteiger partial charge is 0.462 e. The van der Waals surface area contributed by atoms with Crippen molar-refractivity contribution in [2.24, 2.45) is 0 Å². The Morgan fingerprint density at radius 1 is 0.952 bits per heavy atom. The molecule has 1 saturated heterocycles. The van der Waals surface area contributed by atoms with E-state index in [-0.39, 0.29) is 0 Å². The maximum Gasteiger partial charge on any atom is 0.229 e. The summed E-state index contributed by atoms with van der Waals surface area (Å²) in [5.74, 6) is 0.388. The third-order valence-corrected chi connectivity index (χ3v) is 3.47. The molecule has 6 atom stereocenters. The standard InChI is InChI=1S/C14H20O7/c1-7-2-4-8(5-3-7)20-14-13(19)12(18)11(17)10(16)9(6-15)21-14/h2-5,9-19H,6H2,1H3/t9-,10-,11+,12+,13-,14+/m1/s1. The van der Waals surface area contributed by atoms with E-state index in [2.05, 4.69) is 0 Å². The van der Waals surface area contributed by atoms with E-state index in [4.69, 9.17) is 9.47 Å². The minimum atomic E-state index is -1.66. The topological polar surface area (TPSA) is 120 Å². The number of ether oxygens (including phenoxy) is 2. The number of hydrogen-bond donors (Lipinski definition) is 5. The van der Waals surface area contributed by atoms with Gasteiger partial charge in [-0.25, -0.2) is 0 Å². The monoisotopic (exact) mass is 300 g/mol. The van der Waals surface area contributed by atoms with Gasteiger partial charge in [-0.15, -0.1) is 0 Å². The Morgan fingerprint density at radius 2 is 1.52 bits per heavy atom. The lowest BCUT2D eigenvalue weighted by molar-refractivity contribution is -0.195. The second kappa shape index (κ2) is 6.69. The molecule has 0 amide bonds. The summed E-state index contributed by atoms with van der Waals surface area (Å²) in [6, 6.07) is 6.90. The number of aliphatic hydroxyl groups excluding tert-OH is 5. The third-order valence-electron chi connectivity index (χ3n) is 3.47. The summed E-state index contributed by atoms with van der Waals surface area (Å²) in [5, 5.41) is 48.4. The Kier molecular flexibility index (Phi) is 5.15. The van der Waals surface area contributed by atoms with Crippen LogP contribution in [-0.4, -0.2) is 68.9 Å². The van der Waals surface area contributed by atoms with Gasteiger partial charge >= 0.3 is 0 Å². The van der Waals surface area contributed by atoms with Crippen molar-refractivity contribution in [2.75, 3.05) is 6.61 Å². The van der Waals surface area contributed by atoms with E-state index in [0.29, 0.717) is 5.75 Å². The van der Waals surface area contributed by atoms with Gasteiger partial charge in [-0.3, -0.25) is 0 Å². The fraction of sp³-hybridized carbons (Fsp3) is 0.571. The van der Waals surface area contributed by atoms with Gasteiger partial charge in [0, 0.05) is 0 Å². The predicted molar refractivity (Wildman–Crippen MR) is 71.6 cm³/mol. The Labute approximate surface area is 122 Å². The summed E-state index contributed by atoms with van der Waals surface area (Å²) < 4.78 is 10.7. The first kappa shape index (κ1) is 16.2. The maximum absolute atomic E-state index is 9.98. The molecule has 1 aromatic rings. The van der Waals surface area contributed by atoms with Gasteiger partial charge in [0.2, 0.25) is 6.29 Å². The highest BCUT2D eigenvalue weighted by Gasteiger charge is 2.45. The van der Waals surface area contributed by atoms with Gasteiger partial charge in [0.1, 0.15) is 36.3 Å². The molecular weight excluding hydrogens is 280 g/mol. The zero-order chi connectivity index (χ0) is 15.6. The molecule has 1 fully saturated rings. The summed E-state index contributed by atoms with van der Waals surface area (Å²) >= 11 is 0. The fourth-order valence-electron chi connectivity index (χ4n) is 2.12. The highest BCUT2D eigenvalue weighted by Crippen LogP contribution is 2.24. The van der Waals surface area contributed by atoms with Crippen LogP contribution < -0.4 is 4.74 Å². The molecule has 0 spiro atoms. The minimum absolute atomic E-state index is 0.388. The van der Waals surface area contributed by atoms with E-state index in [1.807, 2.05) is 6.92 Å². The van der Waals surface area contributed by atoms with Crippen molar-refractivity contribution in [3.8, 4) is 5.75 Å². The second-order valence-corrected chi connectivity index (χ2v) is 5.12. The van der Waals surface area contributed by atoms with Gasteiger partial charge in [0.25, 0.3) is 0 Å². The number of aliphatic hydroxyl groups is 5. The van der Waals surface area contributed by atoms with E-state index in [9.17, 15) is 25.5 Å². The van der Waals surface area contributed by atoms with Crippen LogP contribution in [0.5, 0.6) is 5.75 Å². The van der Waals surface area contributed by atoms with Crippen molar-refractivity contribution in [1.29, 1.82) is 0 Å². The van der Waals surface area contributed by atoms with E-state index in [0.717, 1.165) is 5.56 Å². The van der Waals surface area contributed by atoms with Crippen LogP contribution in [0.25, 0.3) is 0 Å². The van der Waals surface area contributed by atoms with Gasteiger partial charge in [-0.2, -0.15) is 0 Å². The SMILES string of the molecule is Cc1ccc(O[C@H]2O[C@H](CO)[C@@H](O)[C@H](O)[C@H](O)[C@H]2O)cc1. The van der Waals surface area contributed by atoms with Crippen LogP contribution in [0, 0.1) is 6.92 Å². The normalized spacial score (nSPS) is 37.0. The van der Waals surface area contributed by atoms with Crippen LogP contribution >= 0.6 is 0 Å². The molecule has 118 valence electrons. The smallest absolute Gasteiger partial charge is 0.229 e. The van der Waals surface area contributed by atoms with Crippen LogP contribution in [-0.2, 0) is 4.74 Å². The predicted octanol–water partition coefficient (Wildman–Crippen LogP) is -1.47. The Balaban J connectivity index is 2.18. The van der Waals surface area contributed by atoms with Crippen LogP contribution in [0.4, 0.5) is 0 Å².